The number of hydrogen-bond acceptors (Lipinski definition) is 4. The van der Waals surface area contributed by atoms with Gasteiger partial charge in [0, 0.05) is 32.7 Å². The summed E-state index contributed by atoms with van der Waals surface area (Å²) in [5, 5.41) is 8.89. The number of nitriles is 1. The summed E-state index contributed by atoms with van der Waals surface area (Å²) in [7, 11) is 2.11. The summed E-state index contributed by atoms with van der Waals surface area (Å²) >= 11 is 0. The van der Waals surface area contributed by atoms with Crippen molar-refractivity contribution in [3.63, 3.8) is 0 Å². The van der Waals surface area contributed by atoms with Gasteiger partial charge >= 0.3 is 0 Å². The molecule has 1 aliphatic heterocycles. The number of piperazine rings is 1. The molecule has 0 unspecified atom stereocenters. The van der Waals surface area contributed by atoms with E-state index in [-0.39, 0.29) is 5.56 Å². The number of halogens is 1. The molecule has 19 heavy (non-hydrogen) atoms. The lowest BCUT2D eigenvalue weighted by atomic mass is 10.2. The zero-order chi connectivity index (χ0) is 13.7. The zero-order valence-corrected chi connectivity index (χ0v) is 11.1. The maximum absolute atomic E-state index is 13.4. The minimum absolute atomic E-state index is 0.0131. The number of hydrogen-bond donors (Lipinski definition) is 0. The lowest BCUT2D eigenvalue weighted by molar-refractivity contribution is 0.133. The SMILES string of the molecule is CN1CCN(CCOc2cccc(F)c2C#N)CC1. The Kier molecular flexibility index (Phi) is 4.72. The van der Waals surface area contributed by atoms with Crippen molar-refractivity contribution in [2.24, 2.45) is 0 Å². The van der Waals surface area contributed by atoms with Crippen molar-refractivity contribution in [2.75, 3.05) is 46.4 Å². The van der Waals surface area contributed by atoms with E-state index in [1.54, 1.807) is 12.1 Å². The first-order valence-electron chi connectivity index (χ1n) is 6.43. The molecule has 1 aromatic rings. The molecule has 0 N–H and O–H groups in total. The first kappa shape index (κ1) is 13.8. The molecule has 5 heteroatoms. The lowest BCUT2D eigenvalue weighted by Gasteiger charge is -2.32. The fourth-order valence-corrected chi connectivity index (χ4v) is 2.09. The Morgan fingerprint density at radius 2 is 2.05 bits per heavy atom. The third-order valence-corrected chi connectivity index (χ3v) is 3.35. The molecule has 2 rings (SSSR count). The van der Waals surface area contributed by atoms with Crippen LogP contribution in [0.2, 0.25) is 0 Å². The standard InChI is InChI=1S/C14H18FN3O/c1-17-5-7-18(8-6-17)9-10-19-14-4-2-3-13(15)12(14)11-16/h2-4H,5-10H2,1H3. The van der Waals surface area contributed by atoms with E-state index in [2.05, 4.69) is 16.8 Å². The predicted octanol–water partition coefficient (Wildman–Crippen LogP) is 1.32. The fraction of sp³-hybridized carbons (Fsp3) is 0.500. The molecule has 102 valence electrons. The summed E-state index contributed by atoms with van der Waals surface area (Å²) in [6, 6.07) is 6.30. The average Bonchev–Trinajstić information content (AvgIpc) is 2.41. The molecule has 0 bridgehead atoms. The molecule has 1 heterocycles. The Hall–Kier alpha value is -1.64. The Bertz CT molecular complexity index is 464. The summed E-state index contributed by atoms with van der Waals surface area (Å²) < 4.78 is 18.9. The number of benzene rings is 1. The summed E-state index contributed by atoms with van der Waals surface area (Å²) in [5.74, 6) is -0.198. The van der Waals surface area contributed by atoms with E-state index in [0.717, 1.165) is 32.7 Å². The molecular weight excluding hydrogens is 245 g/mol. The van der Waals surface area contributed by atoms with Crippen LogP contribution in [-0.2, 0) is 0 Å². The van der Waals surface area contributed by atoms with Gasteiger partial charge in [-0.2, -0.15) is 5.26 Å². The van der Waals surface area contributed by atoms with Crippen LogP contribution >= 0.6 is 0 Å². The van der Waals surface area contributed by atoms with Crippen LogP contribution in [0.5, 0.6) is 5.75 Å². The largest absolute Gasteiger partial charge is 0.491 e. The maximum atomic E-state index is 13.4. The van der Waals surface area contributed by atoms with Crippen molar-refractivity contribution in [2.45, 2.75) is 0 Å². The molecule has 1 saturated heterocycles. The number of ether oxygens (including phenoxy) is 1. The second kappa shape index (κ2) is 6.50. The molecule has 4 nitrogen and oxygen atoms in total. The number of likely N-dealkylation sites (N-methyl/N-ethyl adjacent to an activating group) is 1. The van der Waals surface area contributed by atoms with Crippen LogP contribution in [0.15, 0.2) is 18.2 Å². The molecule has 0 aliphatic carbocycles. The van der Waals surface area contributed by atoms with E-state index in [1.165, 1.54) is 6.07 Å². The lowest BCUT2D eigenvalue weighted by Crippen LogP contribution is -2.45. The number of rotatable bonds is 4. The molecule has 0 saturated carbocycles. The van der Waals surface area contributed by atoms with Gasteiger partial charge in [0.15, 0.2) is 0 Å². The van der Waals surface area contributed by atoms with Crippen LogP contribution in [0.4, 0.5) is 4.39 Å². The molecule has 0 amide bonds. The van der Waals surface area contributed by atoms with Gasteiger partial charge in [-0.1, -0.05) is 6.07 Å². The van der Waals surface area contributed by atoms with Gasteiger partial charge < -0.3 is 9.64 Å². The summed E-state index contributed by atoms with van der Waals surface area (Å²) in [6.07, 6.45) is 0. The Balaban J connectivity index is 1.83. The minimum atomic E-state index is -0.528. The first-order valence-corrected chi connectivity index (χ1v) is 6.43. The van der Waals surface area contributed by atoms with E-state index < -0.39 is 5.82 Å². The van der Waals surface area contributed by atoms with Gasteiger partial charge in [-0.15, -0.1) is 0 Å². The Labute approximate surface area is 113 Å². The van der Waals surface area contributed by atoms with Crippen molar-refractivity contribution in [1.82, 2.24) is 9.80 Å². The molecule has 1 aliphatic rings. The van der Waals surface area contributed by atoms with Crippen molar-refractivity contribution in [3.05, 3.63) is 29.6 Å². The summed E-state index contributed by atoms with van der Waals surface area (Å²) in [5.41, 5.74) is -0.0131. The van der Waals surface area contributed by atoms with Crippen molar-refractivity contribution >= 4 is 0 Å². The van der Waals surface area contributed by atoms with Crippen molar-refractivity contribution < 1.29 is 9.13 Å². The Morgan fingerprint density at radius 1 is 1.32 bits per heavy atom. The normalized spacial score (nSPS) is 17.1. The van der Waals surface area contributed by atoms with Gasteiger partial charge in [0.05, 0.1) is 0 Å². The van der Waals surface area contributed by atoms with Crippen LogP contribution in [0.25, 0.3) is 0 Å². The highest BCUT2D eigenvalue weighted by Gasteiger charge is 2.14. The Morgan fingerprint density at radius 3 is 2.74 bits per heavy atom. The van der Waals surface area contributed by atoms with Crippen LogP contribution < -0.4 is 4.74 Å². The molecule has 0 spiro atoms. The van der Waals surface area contributed by atoms with Gasteiger partial charge in [-0.05, 0) is 19.2 Å². The second-order valence-corrected chi connectivity index (χ2v) is 4.72. The smallest absolute Gasteiger partial charge is 0.144 e. The summed E-state index contributed by atoms with van der Waals surface area (Å²) in [6.45, 7) is 5.44. The number of nitrogens with zero attached hydrogens (tertiary/aromatic N) is 3. The highest BCUT2D eigenvalue weighted by atomic mass is 19.1. The molecule has 0 aromatic heterocycles. The highest BCUT2D eigenvalue weighted by molar-refractivity contribution is 5.43. The monoisotopic (exact) mass is 263 g/mol. The molecule has 0 atom stereocenters. The van der Waals surface area contributed by atoms with Crippen molar-refractivity contribution in [1.29, 1.82) is 5.26 Å². The maximum Gasteiger partial charge on any atom is 0.144 e. The van der Waals surface area contributed by atoms with Crippen LogP contribution in [0, 0.1) is 17.1 Å². The summed E-state index contributed by atoms with van der Waals surface area (Å²) in [4.78, 5) is 4.60. The van der Waals surface area contributed by atoms with Gasteiger partial charge in [0.25, 0.3) is 0 Å². The highest BCUT2D eigenvalue weighted by Crippen LogP contribution is 2.20. The van der Waals surface area contributed by atoms with E-state index in [1.807, 2.05) is 6.07 Å². The molecular formula is C14H18FN3O. The first-order chi connectivity index (χ1) is 9.20. The third kappa shape index (κ3) is 3.66. The van der Waals surface area contributed by atoms with Crippen LogP contribution in [0.1, 0.15) is 5.56 Å². The van der Waals surface area contributed by atoms with Crippen molar-refractivity contribution in [3.8, 4) is 11.8 Å². The van der Waals surface area contributed by atoms with Gasteiger partial charge in [0.1, 0.15) is 29.8 Å². The van der Waals surface area contributed by atoms with Crippen LogP contribution in [0.3, 0.4) is 0 Å². The van der Waals surface area contributed by atoms with Crippen LogP contribution in [-0.4, -0.2) is 56.2 Å². The minimum Gasteiger partial charge on any atom is -0.491 e. The van der Waals surface area contributed by atoms with Gasteiger partial charge in [-0.3, -0.25) is 4.90 Å². The van der Waals surface area contributed by atoms with E-state index in [9.17, 15) is 4.39 Å². The zero-order valence-electron chi connectivity index (χ0n) is 11.1. The fourth-order valence-electron chi connectivity index (χ4n) is 2.09. The van der Waals surface area contributed by atoms with Gasteiger partial charge in [-0.25, -0.2) is 4.39 Å². The average molecular weight is 263 g/mol. The van der Waals surface area contributed by atoms with Gasteiger partial charge in [0.2, 0.25) is 0 Å². The molecule has 1 aromatic carbocycles. The van der Waals surface area contributed by atoms with E-state index in [4.69, 9.17) is 10.00 Å². The molecule has 1 fully saturated rings. The predicted molar refractivity (Wildman–Crippen MR) is 70.5 cm³/mol. The quantitative estimate of drug-likeness (QED) is 0.821. The topological polar surface area (TPSA) is 39.5 Å². The van der Waals surface area contributed by atoms with E-state index >= 15 is 0 Å². The molecule has 0 radical (unpaired) electrons. The van der Waals surface area contributed by atoms with E-state index in [0.29, 0.717) is 12.4 Å². The third-order valence-electron chi connectivity index (χ3n) is 3.35. The second-order valence-electron chi connectivity index (χ2n) is 4.72.